The van der Waals surface area contributed by atoms with Crippen molar-refractivity contribution in [3.05, 3.63) is 29.8 Å². The molecule has 1 N–H and O–H groups in total. The number of hydrogen-bond donors (Lipinski definition) is 1. The number of nitrogens with zero attached hydrogens (tertiary/aromatic N) is 1. The summed E-state index contributed by atoms with van der Waals surface area (Å²) in [7, 11) is -2.14. The molecule has 20 heavy (non-hydrogen) atoms. The van der Waals surface area contributed by atoms with Crippen LogP contribution in [0.3, 0.4) is 0 Å². The summed E-state index contributed by atoms with van der Waals surface area (Å²) in [4.78, 5) is 11.1. The Kier molecular flexibility index (Phi) is 4.81. The van der Waals surface area contributed by atoms with Gasteiger partial charge >= 0.3 is 5.97 Å². The van der Waals surface area contributed by atoms with Crippen LogP contribution in [-0.4, -0.2) is 32.3 Å². The predicted molar refractivity (Wildman–Crippen MR) is 79.7 cm³/mol. The number of rotatable bonds is 5. The summed E-state index contributed by atoms with van der Waals surface area (Å²) in [5.74, 6) is -1.15. The molecule has 1 aromatic carbocycles. The Labute approximate surface area is 120 Å². The van der Waals surface area contributed by atoms with Crippen LogP contribution in [-0.2, 0) is 10.0 Å². The summed E-state index contributed by atoms with van der Waals surface area (Å²) in [5.41, 5.74) is 0.0727. The highest BCUT2D eigenvalue weighted by Gasteiger charge is 2.24. The van der Waals surface area contributed by atoms with E-state index in [1.165, 1.54) is 19.2 Å². The maximum absolute atomic E-state index is 12.3. The number of carboxylic acid groups (broad SMARTS) is 1. The van der Waals surface area contributed by atoms with Crippen LogP contribution in [0.25, 0.3) is 0 Å². The van der Waals surface area contributed by atoms with E-state index in [9.17, 15) is 13.2 Å². The summed E-state index contributed by atoms with van der Waals surface area (Å²) in [6.45, 7) is 5.90. The minimum atomic E-state index is -3.53. The fraction of sp³-hybridized carbons (Fsp3) is 0.500. The lowest BCUT2D eigenvalue weighted by molar-refractivity contribution is 0.0698. The third-order valence-electron chi connectivity index (χ3n) is 3.00. The van der Waals surface area contributed by atoms with Gasteiger partial charge in [-0.2, -0.15) is 0 Å². The molecule has 5 nitrogen and oxygen atoms in total. The molecular formula is C14H21NO4S. The number of carboxylic acids is 1. The molecule has 0 saturated heterocycles. The second-order valence-electron chi connectivity index (χ2n) is 5.92. The van der Waals surface area contributed by atoms with E-state index in [0.29, 0.717) is 6.42 Å². The van der Waals surface area contributed by atoms with E-state index in [-0.39, 0.29) is 22.4 Å². The molecule has 0 atom stereocenters. The summed E-state index contributed by atoms with van der Waals surface area (Å²) in [6.07, 6.45) is 0.509. The van der Waals surface area contributed by atoms with Crippen LogP contribution >= 0.6 is 0 Å². The Hall–Kier alpha value is -1.56. The highest BCUT2D eigenvalue weighted by molar-refractivity contribution is 7.92. The fourth-order valence-corrected chi connectivity index (χ4v) is 3.25. The molecule has 0 heterocycles. The lowest BCUT2D eigenvalue weighted by Crippen LogP contribution is -2.31. The van der Waals surface area contributed by atoms with Gasteiger partial charge in [-0.25, -0.2) is 13.2 Å². The van der Waals surface area contributed by atoms with Crippen molar-refractivity contribution in [2.75, 3.05) is 17.1 Å². The van der Waals surface area contributed by atoms with E-state index in [1.54, 1.807) is 12.1 Å². The van der Waals surface area contributed by atoms with Gasteiger partial charge in [0.15, 0.2) is 0 Å². The van der Waals surface area contributed by atoms with Crippen LogP contribution < -0.4 is 4.31 Å². The monoisotopic (exact) mass is 299 g/mol. The molecule has 0 amide bonds. The van der Waals surface area contributed by atoms with E-state index < -0.39 is 16.0 Å². The van der Waals surface area contributed by atoms with Gasteiger partial charge in [0.2, 0.25) is 10.0 Å². The first kappa shape index (κ1) is 16.5. The molecule has 6 heteroatoms. The van der Waals surface area contributed by atoms with Crippen molar-refractivity contribution in [3.63, 3.8) is 0 Å². The van der Waals surface area contributed by atoms with Crippen molar-refractivity contribution in [2.45, 2.75) is 27.2 Å². The van der Waals surface area contributed by atoms with Crippen molar-refractivity contribution in [2.24, 2.45) is 5.41 Å². The molecule has 0 aromatic heterocycles. The van der Waals surface area contributed by atoms with Crippen molar-refractivity contribution in [1.82, 2.24) is 0 Å². The molecule has 0 spiro atoms. The quantitative estimate of drug-likeness (QED) is 0.906. The number of hydrogen-bond acceptors (Lipinski definition) is 3. The lowest BCUT2D eigenvalue weighted by Gasteiger charge is -2.24. The van der Waals surface area contributed by atoms with E-state index >= 15 is 0 Å². The smallest absolute Gasteiger partial charge is 0.337 e. The SMILES string of the molecule is CN(c1ccccc1C(=O)O)S(=O)(=O)CCC(C)(C)C. The lowest BCUT2D eigenvalue weighted by atomic mass is 9.94. The fourth-order valence-electron chi connectivity index (χ4n) is 1.65. The highest BCUT2D eigenvalue weighted by atomic mass is 32.2. The summed E-state index contributed by atoms with van der Waals surface area (Å²) < 4.78 is 25.6. The molecule has 0 fully saturated rings. The zero-order valence-electron chi connectivity index (χ0n) is 12.3. The van der Waals surface area contributed by atoms with Gasteiger partial charge < -0.3 is 5.11 Å². The molecule has 0 saturated carbocycles. The standard InChI is InChI=1S/C14H21NO4S/c1-14(2,3)9-10-20(18,19)15(4)12-8-6-5-7-11(12)13(16)17/h5-8H,9-10H2,1-4H3,(H,16,17). The first-order valence-electron chi connectivity index (χ1n) is 6.33. The average molecular weight is 299 g/mol. The Morgan fingerprint density at radius 2 is 1.80 bits per heavy atom. The second-order valence-corrected chi connectivity index (χ2v) is 8.04. The number of aromatic carboxylic acids is 1. The van der Waals surface area contributed by atoms with Gasteiger partial charge in [0.05, 0.1) is 17.0 Å². The van der Waals surface area contributed by atoms with Crippen LogP contribution in [0.2, 0.25) is 0 Å². The number of para-hydroxylation sites is 1. The minimum Gasteiger partial charge on any atom is -0.478 e. The van der Waals surface area contributed by atoms with Crippen molar-refractivity contribution >= 4 is 21.7 Å². The number of benzene rings is 1. The molecule has 1 rings (SSSR count). The zero-order valence-corrected chi connectivity index (χ0v) is 13.1. The highest BCUT2D eigenvalue weighted by Crippen LogP contribution is 2.25. The normalized spacial score (nSPS) is 12.2. The summed E-state index contributed by atoms with van der Waals surface area (Å²) >= 11 is 0. The van der Waals surface area contributed by atoms with Gasteiger partial charge in [0.1, 0.15) is 0 Å². The molecule has 0 unspecified atom stereocenters. The molecule has 112 valence electrons. The summed E-state index contributed by atoms with van der Waals surface area (Å²) in [5, 5.41) is 9.12. The topological polar surface area (TPSA) is 74.7 Å². The Bertz CT molecular complexity index is 587. The zero-order chi connectivity index (χ0) is 15.6. The summed E-state index contributed by atoms with van der Waals surface area (Å²) in [6, 6.07) is 6.09. The van der Waals surface area contributed by atoms with Gasteiger partial charge in [-0.1, -0.05) is 32.9 Å². The van der Waals surface area contributed by atoms with Gasteiger partial charge in [0.25, 0.3) is 0 Å². The molecule has 0 bridgehead atoms. The van der Waals surface area contributed by atoms with Crippen LogP contribution in [0.1, 0.15) is 37.6 Å². The van der Waals surface area contributed by atoms with Crippen molar-refractivity contribution in [3.8, 4) is 0 Å². The minimum absolute atomic E-state index is 0.0129. The number of carbonyl (C=O) groups is 1. The number of sulfonamides is 1. The largest absolute Gasteiger partial charge is 0.478 e. The third kappa shape index (κ3) is 4.23. The molecule has 0 aliphatic carbocycles. The van der Waals surface area contributed by atoms with E-state index in [4.69, 9.17) is 5.11 Å². The van der Waals surface area contributed by atoms with E-state index in [0.717, 1.165) is 4.31 Å². The Balaban J connectivity index is 3.06. The van der Waals surface area contributed by atoms with Crippen molar-refractivity contribution < 1.29 is 18.3 Å². The molecule has 0 aliphatic heterocycles. The molecular weight excluding hydrogens is 278 g/mol. The Morgan fingerprint density at radius 1 is 1.25 bits per heavy atom. The third-order valence-corrected chi connectivity index (χ3v) is 4.75. The maximum Gasteiger partial charge on any atom is 0.337 e. The van der Waals surface area contributed by atoms with Gasteiger partial charge in [0, 0.05) is 7.05 Å². The Morgan fingerprint density at radius 3 is 2.30 bits per heavy atom. The van der Waals surface area contributed by atoms with Crippen LogP contribution in [0.5, 0.6) is 0 Å². The predicted octanol–water partition coefficient (Wildman–Crippen LogP) is 2.59. The first-order valence-corrected chi connectivity index (χ1v) is 7.94. The van der Waals surface area contributed by atoms with Crippen LogP contribution in [0.15, 0.2) is 24.3 Å². The van der Waals surface area contributed by atoms with Gasteiger partial charge in [-0.05, 0) is 24.0 Å². The van der Waals surface area contributed by atoms with Crippen LogP contribution in [0.4, 0.5) is 5.69 Å². The van der Waals surface area contributed by atoms with Crippen LogP contribution in [0, 0.1) is 5.41 Å². The molecule has 0 radical (unpaired) electrons. The van der Waals surface area contributed by atoms with Gasteiger partial charge in [-0.3, -0.25) is 4.31 Å². The maximum atomic E-state index is 12.3. The van der Waals surface area contributed by atoms with E-state index in [1.807, 2.05) is 20.8 Å². The second kappa shape index (κ2) is 5.83. The van der Waals surface area contributed by atoms with E-state index in [2.05, 4.69) is 0 Å². The van der Waals surface area contributed by atoms with Crippen molar-refractivity contribution in [1.29, 1.82) is 0 Å². The first-order chi connectivity index (χ1) is 9.04. The van der Waals surface area contributed by atoms with Gasteiger partial charge in [-0.15, -0.1) is 0 Å². The molecule has 1 aromatic rings. The average Bonchev–Trinajstić information content (AvgIpc) is 2.35. The molecule has 0 aliphatic rings. The number of anilines is 1.